The Labute approximate surface area is 155 Å². The van der Waals surface area contributed by atoms with Gasteiger partial charge in [-0.3, -0.25) is 0 Å². The van der Waals surface area contributed by atoms with Crippen LogP contribution < -0.4 is 14.8 Å². The first-order valence-corrected chi connectivity index (χ1v) is 8.24. The third kappa shape index (κ3) is 4.01. The number of aryl methyl sites for hydroxylation is 1. The first-order chi connectivity index (χ1) is 13.0. The molecule has 0 saturated heterocycles. The van der Waals surface area contributed by atoms with E-state index in [9.17, 15) is 9.50 Å². The average Bonchev–Trinajstić information content (AvgIpc) is 2.66. The zero-order valence-corrected chi connectivity index (χ0v) is 15.2. The number of nitrogens with zero attached hydrogens (tertiary/aromatic N) is 2. The molecule has 1 aromatic heterocycles. The Bertz CT molecular complexity index is 965. The Balaban J connectivity index is 2.00. The molecule has 0 bridgehead atoms. The molecule has 2 N–H and O–H groups in total. The minimum Gasteiger partial charge on any atom is -0.508 e. The highest BCUT2D eigenvalue weighted by atomic mass is 19.1. The van der Waals surface area contributed by atoms with Crippen LogP contribution >= 0.6 is 0 Å². The van der Waals surface area contributed by atoms with Crippen molar-refractivity contribution in [3.8, 4) is 17.2 Å². The number of ether oxygens (including phenoxy) is 3. The third-order valence-electron chi connectivity index (χ3n) is 4.02. The number of aromatic nitrogens is 2. The van der Waals surface area contributed by atoms with Crippen LogP contribution in [0.4, 0.5) is 15.8 Å². The number of hydrogen-bond acceptors (Lipinski definition) is 7. The van der Waals surface area contributed by atoms with E-state index in [1.165, 1.54) is 25.4 Å². The Morgan fingerprint density at radius 2 is 1.89 bits per heavy atom. The Morgan fingerprint density at radius 3 is 2.63 bits per heavy atom. The van der Waals surface area contributed by atoms with Gasteiger partial charge in [-0.05, 0) is 24.6 Å². The molecule has 0 aliphatic heterocycles. The van der Waals surface area contributed by atoms with Gasteiger partial charge in [-0.1, -0.05) is 0 Å². The van der Waals surface area contributed by atoms with Crippen LogP contribution in [0.5, 0.6) is 17.2 Å². The highest BCUT2D eigenvalue weighted by Gasteiger charge is 2.13. The summed E-state index contributed by atoms with van der Waals surface area (Å²) in [6, 6.07) is 6.03. The number of phenolic OH excluding ortho intramolecular Hbond substituents is 1. The molecule has 0 atom stereocenters. The molecule has 0 saturated carbocycles. The number of aromatic hydroxyl groups is 1. The van der Waals surface area contributed by atoms with Crippen LogP contribution in [-0.2, 0) is 4.74 Å². The topological polar surface area (TPSA) is 85.7 Å². The molecule has 0 fully saturated rings. The van der Waals surface area contributed by atoms with Gasteiger partial charge >= 0.3 is 0 Å². The number of phenols is 1. The zero-order chi connectivity index (χ0) is 19.4. The number of rotatable bonds is 7. The van der Waals surface area contributed by atoms with Crippen molar-refractivity contribution in [2.45, 2.75) is 6.92 Å². The largest absolute Gasteiger partial charge is 0.508 e. The molecule has 3 aromatic rings. The lowest BCUT2D eigenvalue weighted by molar-refractivity contribution is 0.144. The van der Waals surface area contributed by atoms with Gasteiger partial charge in [0.25, 0.3) is 0 Å². The molecule has 7 nitrogen and oxygen atoms in total. The fourth-order valence-electron chi connectivity index (χ4n) is 2.58. The standard InChI is InChI=1S/C19H20FN3O4/c1-11-6-13(20)15(8-17(11)24)22-16-10-21-23-14-9-19(27-5-4-25-2)18(26-3)7-12(14)16/h6-10,24H,4-5H2,1-3H3,(H,22,23). The molecule has 0 aliphatic rings. The predicted molar refractivity (Wildman–Crippen MR) is 99.5 cm³/mol. The summed E-state index contributed by atoms with van der Waals surface area (Å²) in [5, 5.41) is 21.5. The summed E-state index contributed by atoms with van der Waals surface area (Å²) in [6.45, 7) is 2.42. The number of benzene rings is 2. The maximum Gasteiger partial charge on any atom is 0.163 e. The molecule has 1 heterocycles. The number of methoxy groups -OCH3 is 2. The van der Waals surface area contributed by atoms with Crippen molar-refractivity contribution < 1.29 is 23.7 Å². The summed E-state index contributed by atoms with van der Waals surface area (Å²) in [4.78, 5) is 0. The first kappa shape index (κ1) is 18.7. The van der Waals surface area contributed by atoms with Crippen LogP contribution in [0.1, 0.15) is 5.56 Å². The normalized spacial score (nSPS) is 10.8. The van der Waals surface area contributed by atoms with Crippen LogP contribution in [0, 0.1) is 12.7 Å². The summed E-state index contributed by atoms with van der Waals surface area (Å²) in [5.74, 6) is 0.521. The van der Waals surface area contributed by atoms with Gasteiger partial charge < -0.3 is 24.6 Å². The number of nitrogens with one attached hydrogen (secondary N) is 1. The Hall–Kier alpha value is -3.13. The number of hydrogen-bond donors (Lipinski definition) is 2. The van der Waals surface area contributed by atoms with Crippen molar-refractivity contribution in [2.75, 3.05) is 32.8 Å². The maximum absolute atomic E-state index is 14.2. The summed E-state index contributed by atoms with van der Waals surface area (Å²) in [7, 11) is 3.12. The van der Waals surface area contributed by atoms with Crippen molar-refractivity contribution in [3.05, 3.63) is 41.8 Å². The van der Waals surface area contributed by atoms with Crippen molar-refractivity contribution in [3.63, 3.8) is 0 Å². The molecule has 0 unspecified atom stereocenters. The van der Waals surface area contributed by atoms with Gasteiger partial charge in [-0.2, -0.15) is 10.2 Å². The summed E-state index contributed by atoms with van der Waals surface area (Å²) >= 11 is 0. The number of fused-ring (bicyclic) bond motifs is 1. The molecule has 0 spiro atoms. The molecule has 0 amide bonds. The minimum absolute atomic E-state index is 0.00312. The van der Waals surface area contributed by atoms with E-state index in [1.807, 2.05) is 0 Å². The van der Waals surface area contributed by atoms with E-state index in [0.29, 0.717) is 46.9 Å². The third-order valence-corrected chi connectivity index (χ3v) is 4.02. The summed E-state index contributed by atoms with van der Waals surface area (Å²) < 4.78 is 30.3. The molecular formula is C19H20FN3O4. The van der Waals surface area contributed by atoms with Gasteiger partial charge in [0.2, 0.25) is 0 Å². The lowest BCUT2D eigenvalue weighted by Crippen LogP contribution is -2.05. The second-order valence-corrected chi connectivity index (χ2v) is 5.86. The molecule has 8 heteroatoms. The minimum atomic E-state index is -0.484. The van der Waals surface area contributed by atoms with Crippen LogP contribution in [0.2, 0.25) is 0 Å². The Morgan fingerprint density at radius 1 is 1.07 bits per heavy atom. The van der Waals surface area contributed by atoms with E-state index in [4.69, 9.17) is 14.2 Å². The van der Waals surface area contributed by atoms with E-state index in [0.717, 1.165) is 0 Å². The maximum atomic E-state index is 14.2. The quantitative estimate of drug-likeness (QED) is 0.613. The van der Waals surface area contributed by atoms with Crippen LogP contribution in [0.3, 0.4) is 0 Å². The van der Waals surface area contributed by atoms with Gasteiger partial charge in [0.15, 0.2) is 11.5 Å². The molecule has 27 heavy (non-hydrogen) atoms. The van der Waals surface area contributed by atoms with Gasteiger partial charge in [-0.25, -0.2) is 4.39 Å². The van der Waals surface area contributed by atoms with Gasteiger partial charge in [0.1, 0.15) is 18.2 Å². The lowest BCUT2D eigenvalue weighted by atomic mass is 10.1. The lowest BCUT2D eigenvalue weighted by Gasteiger charge is -2.14. The monoisotopic (exact) mass is 373 g/mol. The SMILES string of the molecule is COCCOc1cc2nncc(Nc3cc(O)c(C)cc3F)c2cc1OC. The fraction of sp³-hybridized carbons (Fsp3) is 0.263. The second-order valence-electron chi connectivity index (χ2n) is 5.86. The average molecular weight is 373 g/mol. The second kappa shape index (κ2) is 8.05. The zero-order valence-electron chi connectivity index (χ0n) is 15.2. The fourth-order valence-corrected chi connectivity index (χ4v) is 2.58. The molecular weight excluding hydrogens is 353 g/mol. The van der Waals surface area contributed by atoms with Crippen molar-refractivity contribution in [1.29, 1.82) is 0 Å². The van der Waals surface area contributed by atoms with Crippen LogP contribution in [0.15, 0.2) is 30.5 Å². The highest BCUT2D eigenvalue weighted by Crippen LogP contribution is 2.36. The van der Waals surface area contributed by atoms with E-state index < -0.39 is 5.82 Å². The summed E-state index contributed by atoms with van der Waals surface area (Å²) in [6.07, 6.45) is 1.48. The van der Waals surface area contributed by atoms with Crippen LogP contribution in [-0.4, -0.2) is 42.7 Å². The van der Waals surface area contributed by atoms with Crippen molar-refractivity contribution in [1.82, 2.24) is 10.2 Å². The smallest absolute Gasteiger partial charge is 0.163 e. The molecule has 0 aliphatic carbocycles. The van der Waals surface area contributed by atoms with E-state index >= 15 is 0 Å². The van der Waals surface area contributed by atoms with Gasteiger partial charge in [-0.15, -0.1) is 0 Å². The van der Waals surface area contributed by atoms with Gasteiger partial charge in [0, 0.05) is 24.6 Å². The highest BCUT2D eigenvalue weighted by molar-refractivity contribution is 5.94. The summed E-state index contributed by atoms with van der Waals surface area (Å²) in [5.41, 5.74) is 1.65. The van der Waals surface area contributed by atoms with E-state index in [2.05, 4.69) is 15.5 Å². The van der Waals surface area contributed by atoms with Crippen molar-refractivity contribution in [2.24, 2.45) is 0 Å². The molecule has 3 rings (SSSR count). The number of anilines is 2. The van der Waals surface area contributed by atoms with Crippen LogP contribution in [0.25, 0.3) is 10.9 Å². The first-order valence-electron chi connectivity index (χ1n) is 8.24. The van der Waals surface area contributed by atoms with E-state index in [1.54, 1.807) is 26.2 Å². The molecule has 0 radical (unpaired) electrons. The number of halogens is 1. The molecule has 142 valence electrons. The van der Waals surface area contributed by atoms with Gasteiger partial charge in [0.05, 0.1) is 36.8 Å². The molecule has 2 aromatic carbocycles. The predicted octanol–water partition coefficient (Wildman–Crippen LogP) is 3.56. The Kier molecular flexibility index (Phi) is 5.56. The van der Waals surface area contributed by atoms with E-state index in [-0.39, 0.29) is 11.4 Å². The van der Waals surface area contributed by atoms with Crippen molar-refractivity contribution >= 4 is 22.3 Å².